The van der Waals surface area contributed by atoms with Gasteiger partial charge in [-0.1, -0.05) is 0 Å². The molecule has 3 rings (SSSR count). The number of aromatic nitrogens is 2. The van der Waals surface area contributed by atoms with Crippen molar-refractivity contribution in [1.82, 2.24) is 14.7 Å². The molecule has 7 heteroatoms. The molecule has 0 bridgehead atoms. The molecular formula is C13H16N4O2S. The summed E-state index contributed by atoms with van der Waals surface area (Å²) in [6.07, 6.45) is 5.05. The van der Waals surface area contributed by atoms with Gasteiger partial charge >= 0.3 is 0 Å². The van der Waals surface area contributed by atoms with E-state index in [0.717, 1.165) is 36.3 Å². The van der Waals surface area contributed by atoms with Gasteiger partial charge < -0.3 is 10.3 Å². The van der Waals surface area contributed by atoms with Crippen LogP contribution in [0.25, 0.3) is 0 Å². The van der Waals surface area contributed by atoms with Crippen LogP contribution in [0.5, 0.6) is 0 Å². The van der Waals surface area contributed by atoms with Crippen molar-refractivity contribution in [2.75, 3.05) is 11.9 Å². The first-order chi connectivity index (χ1) is 9.65. The van der Waals surface area contributed by atoms with Crippen molar-refractivity contribution in [3.05, 3.63) is 42.0 Å². The standard InChI is InChI=1S/C13H16N4O2S/c18-20(19,17-8-11-7-14-9-16-11)12-3-4-13-10(6-12)2-1-5-15-13/h3-4,6-7,9,15,17H,1-2,5,8H2,(H,14,16). The summed E-state index contributed by atoms with van der Waals surface area (Å²) < 4.78 is 27.1. The van der Waals surface area contributed by atoms with Crippen molar-refractivity contribution in [2.45, 2.75) is 24.3 Å². The molecule has 1 aromatic heterocycles. The summed E-state index contributed by atoms with van der Waals surface area (Å²) in [4.78, 5) is 7.02. The zero-order valence-corrected chi connectivity index (χ0v) is 11.7. The molecule has 20 heavy (non-hydrogen) atoms. The van der Waals surface area contributed by atoms with Gasteiger partial charge in [0.15, 0.2) is 0 Å². The van der Waals surface area contributed by atoms with Crippen molar-refractivity contribution < 1.29 is 8.42 Å². The molecule has 2 aromatic rings. The quantitative estimate of drug-likeness (QED) is 0.791. The highest BCUT2D eigenvalue weighted by Crippen LogP contribution is 2.24. The molecule has 1 aliphatic heterocycles. The molecule has 0 fully saturated rings. The number of aromatic amines is 1. The number of H-pyrrole nitrogens is 1. The molecule has 0 spiro atoms. The van der Waals surface area contributed by atoms with Gasteiger partial charge in [-0.25, -0.2) is 18.1 Å². The van der Waals surface area contributed by atoms with Crippen LogP contribution in [0.4, 0.5) is 5.69 Å². The summed E-state index contributed by atoms with van der Waals surface area (Å²) in [6, 6.07) is 5.21. The summed E-state index contributed by atoms with van der Waals surface area (Å²) in [5.74, 6) is 0. The molecule has 2 heterocycles. The summed E-state index contributed by atoms with van der Waals surface area (Å²) in [7, 11) is -3.50. The van der Waals surface area contributed by atoms with Crippen LogP contribution in [0.1, 0.15) is 17.7 Å². The van der Waals surface area contributed by atoms with E-state index < -0.39 is 10.0 Å². The van der Waals surface area contributed by atoms with E-state index in [1.165, 1.54) is 6.33 Å². The van der Waals surface area contributed by atoms with Gasteiger partial charge in [-0.15, -0.1) is 0 Å². The number of benzene rings is 1. The average molecular weight is 292 g/mol. The number of rotatable bonds is 4. The fourth-order valence-electron chi connectivity index (χ4n) is 2.26. The van der Waals surface area contributed by atoms with Crippen LogP contribution in [0.15, 0.2) is 35.6 Å². The Morgan fingerprint density at radius 3 is 3.05 bits per heavy atom. The molecule has 0 radical (unpaired) electrons. The van der Waals surface area contributed by atoms with E-state index in [1.807, 2.05) is 6.07 Å². The molecule has 0 aliphatic carbocycles. The summed E-state index contributed by atoms with van der Waals surface area (Å²) >= 11 is 0. The largest absolute Gasteiger partial charge is 0.385 e. The fourth-order valence-corrected chi connectivity index (χ4v) is 3.31. The van der Waals surface area contributed by atoms with Crippen LogP contribution in [-0.2, 0) is 23.0 Å². The average Bonchev–Trinajstić information content (AvgIpc) is 2.98. The van der Waals surface area contributed by atoms with Crippen molar-refractivity contribution in [2.24, 2.45) is 0 Å². The van der Waals surface area contributed by atoms with Gasteiger partial charge in [0.2, 0.25) is 10.0 Å². The number of aryl methyl sites for hydroxylation is 1. The van der Waals surface area contributed by atoms with Gasteiger partial charge in [-0.3, -0.25) is 0 Å². The molecule has 6 nitrogen and oxygen atoms in total. The van der Waals surface area contributed by atoms with Crippen LogP contribution >= 0.6 is 0 Å². The van der Waals surface area contributed by atoms with E-state index in [4.69, 9.17) is 0 Å². The van der Waals surface area contributed by atoms with Crippen LogP contribution in [-0.4, -0.2) is 24.9 Å². The van der Waals surface area contributed by atoms with E-state index in [9.17, 15) is 8.42 Å². The van der Waals surface area contributed by atoms with E-state index in [-0.39, 0.29) is 6.54 Å². The van der Waals surface area contributed by atoms with Crippen LogP contribution in [0.2, 0.25) is 0 Å². The van der Waals surface area contributed by atoms with Gasteiger partial charge in [0, 0.05) is 24.1 Å². The highest BCUT2D eigenvalue weighted by molar-refractivity contribution is 7.89. The number of nitrogens with zero attached hydrogens (tertiary/aromatic N) is 1. The van der Waals surface area contributed by atoms with E-state index in [1.54, 1.807) is 18.3 Å². The molecular weight excluding hydrogens is 276 g/mol. The lowest BCUT2D eigenvalue weighted by Crippen LogP contribution is -2.24. The summed E-state index contributed by atoms with van der Waals surface area (Å²) in [5, 5.41) is 3.27. The zero-order valence-electron chi connectivity index (χ0n) is 10.9. The maximum atomic E-state index is 12.2. The summed E-state index contributed by atoms with van der Waals surface area (Å²) in [5.41, 5.74) is 2.82. The second-order valence-electron chi connectivity index (χ2n) is 4.75. The fraction of sp³-hybridized carbons (Fsp3) is 0.308. The van der Waals surface area contributed by atoms with Crippen LogP contribution < -0.4 is 10.0 Å². The molecule has 0 saturated heterocycles. The third-order valence-electron chi connectivity index (χ3n) is 3.33. The van der Waals surface area contributed by atoms with Gasteiger partial charge in [0.1, 0.15) is 0 Å². The molecule has 1 aromatic carbocycles. The van der Waals surface area contributed by atoms with Crippen molar-refractivity contribution in [3.63, 3.8) is 0 Å². The predicted molar refractivity (Wildman–Crippen MR) is 75.9 cm³/mol. The number of anilines is 1. The van der Waals surface area contributed by atoms with Crippen molar-refractivity contribution >= 4 is 15.7 Å². The van der Waals surface area contributed by atoms with Gasteiger partial charge in [-0.05, 0) is 36.6 Å². The Balaban J connectivity index is 1.80. The lowest BCUT2D eigenvalue weighted by Gasteiger charge is -2.18. The topological polar surface area (TPSA) is 86.9 Å². The monoisotopic (exact) mass is 292 g/mol. The Bertz CT molecular complexity index is 695. The Morgan fingerprint density at radius 1 is 1.35 bits per heavy atom. The second kappa shape index (κ2) is 5.26. The molecule has 106 valence electrons. The normalized spacial score (nSPS) is 14.6. The van der Waals surface area contributed by atoms with Crippen molar-refractivity contribution in [3.8, 4) is 0 Å². The third-order valence-corrected chi connectivity index (χ3v) is 4.73. The van der Waals surface area contributed by atoms with E-state index in [0.29, 0.717) is 4.90 Å². The van der Waals surface area contributed by atoms with Crippen molar-refractivity contribution in [1.29, 1.82) is 0 Å². The SMILES string of the molecule is O=S(=O)(NCc1cnc[nH]1)c1ccc2c(c1)CCCN2. The molecule has 0 amide bonds. The van der Waals surface area contributed by atoms with E-state index in [2.05, 4.69) is 20.0 Å². The van der Waals surface area contributed by atoms with Gasteiger partial charge in [0.05, 0.1) is 17.8 Å². The second-order valence-corrected chi connectivity index (χ2v) is 6.52. The number of fused-ring (bicyclic) bond motifs is 1. The Hall–Kier alpha value is -1.86. The minimum Gasteiger partial charge on any atom is -0.385 e. The molecule has 0 unspecified atom stereocenters. The first-order valence-electron chi connectivity index (χ1n) is 6.49. The maximum absolute atomic E-state index is 12.2. The minimum atomic E-state index is -3.50. The highest BCUT2D eigenvalue weighted by atomic mass is 32.2. The Labute approximate surface area is 117 Å². The third kappa shape index (κ3) is 2.68. The number of nitrogens with one attached hydrogen (secondary N) is 3. The summed E-state index contributed by atoms with van der Waals surface area (Å²) in [6.45, 7) is 1.15. The molecule has 1 aliphatic rings. The molecule has 0 atom stereocenters. The molecule has 0 saturated carbocycles. The van der Waals surface area contributed by atoms with Gasteiger partial charge in [0.25, 0.3) is 0 Å². The number of hydrogen-bond donors (Lipinski definition) is 3. The molecule has 3 N–H and O–H groups in total. The predicted octanol–water partition coefficient (Wildman–Crippen LogP) is 1.25. The minimum absolute atomic E-state index is 0.206. The number of hydrogen-bond acceptors (Lipinski definition) is 4. The van der Waals surface area contributed by atoms with Crippen LogP contribution in [0.3, 0.4) is 0 Å². The van der Waals surface area contributed by atoms with E-state index >= 15 is 0 Å². The highest BCUT2D eigenvalue weighted by Gasteiger charge is 2.17. The first kappa shape index (κ1) is 13.1. The lowest BCUT2D eigenvalue weighted by atomic mass is 10.0. The lowest BCUT2D eigenvalue weighted by molar-refractivity contribution is 0.580. The Morgan fingerprint density at radius 2 is 2.25 bits per heavy atom. The van der Waals surface area contributed by atoms with Crippen LogP contribution in [0, 0.1) is 0 Å². The maximum Gasteiger partial charge on any atom is 0.240 e. The number of imidazole rings is 1. The number of sulfonamides is 1. The Kier molecular flexibility index (Phi) is 3.45. The van der Waals surface area contributed by atoms with Gasteiger partial charge in [-0.2, -0.15) is 0 Å². The zero-order chi connectivity index (χ0) is 14.0. The smallest absolute Gasteiger partial charge is 0.240 e. The first-order valence-corrected chi connectivity index (χ1v) is 7.97.